The van der Waals surface area contributed by atoms with Crippen LogP contribution in [0.1, 0.15) is 12.6 Å². The maximum Gasteiger partial charge on any atom is 0.211 e. The Morgan fingerprint density at radius 3 is 2.83 bits per heavy atom. The molecule has 0 aromatic carbocycles. The summed E-state index contributed by atoms with van der Waals surface area (Å²) in [5.74, 6) is 0.599. The molecule has 2 aromatic rings. The average Bonchev–Trinajstić information content (AvgIpc) is 2.58. The fourth-order valence-corrected chi connectivity index (χ4v) is 2.71. The van der Waals surface area contributed by atoms with Gasteiger partial charge in [-0.15, -0.1) is 0 Å². The zero-order chi connectivity index (χ0) is 17.3. The molecule has 0 amide bonds. The second-order valence-electron chi connectivity index (χ2n) is 5.41. The summed E-state index contributed by atoms with van der Waals surface area (Å²) in [7, 11) is 3.39. The number of ether oxygens (including phenoxy) is 1. The van der Waals surface area contributed by atoms with Crippen LogP contribution in [0.3, 0.4) is 0 Å². The molecule has 0 spiro atoms. The van der Waals surface area contributed by atoms with E-state index in [0.29, 0.717) is 17.0 Å². The summed E-state index contributed by atoms with van der Waals surface area (Å²) < 4.78 is 5.53. The normalized spacial score (nSPS) is 16.5. The molecule has 0 saturated heterocycles. The minimum absolute atomic E-state index is 0.0325. The molecule has 0 unspecified atom stereocenters. The lowest BCUT2D eigenvalue weighted by Gasteiger charge is -2.21. The molecular weight excluding hydrogens is 304 g/mol. The van der Waals surface area contributed by atoms with Gasteiger partial charge in [-0.1, -0.05) is 0 Å². The van der Waals surface area contributed by atoms with E-state index in [4.69, 9.17) is 10.1 Å². The van der Waals surface area contributed by atoms with Gasteiger partial charge in [0.15, 0.2) is 0 Å². The van der Waals surface area contributed by atoms with Crippen LogP contribution >= 0.6 is 0 Å². The third kappa shape index (κ3) is 2.62. The van der Waals surface area contributed by atoms with E-state index in [1.54, 1.807) is 38.7 Å². The summed E-state index contributed by atoms with van der Waals surface area (Å²) in [5.41, 5.74) is 4.08. The van der Waals surface area contributed by atoms with E-state index in [1.165, 1.54) is 0 Å². The number of nitrogens with zero attached hydrogens (tertiary/aromatic N) is 2. The van der Waals surface area contributed by atoms with Crippen molar-refractivity contribution >= 4 is 22.2 Å². The van der Waals surface area contributed by atoms with Crippen molar-refractivity contribution in [3.8, 4) is 5.88 Å². The van der Waals surface area contributed by atoms with Gasteiger partial charge in [-0.3, -0.25) is 10.4 Å². The molecule has 24 heavy (non-hydrogen) atoms. The number of rotatable bonds is 3. The minimum Gasteiger partial charge on any atom is -0.496 e. The van der Waals surface area contributed by atoms with Crippen LogP contribution in [0.15, 0.2) is 53.6 Å². The predicted octanol–water partition coefficient (Wildman–Crippen LogP) is 2.78. The Hall–Kier alpha value is -3.15. The predicted molar refractivity (Wildman–Crippen MR) is 93.8 cm³/mol. The Labute approximate surface area is 139 Å². The molecule has 0 atom stereocenters. The van der Waals surface area contributed by atoms with Crippen LogP contribution in [0, 0.1) is 5.41 Å². The Kier molecular flexibility index (Phi) is 4.04. The van der Waals surface area contributed by atoms with Crippen LogP contribution in [0.5, 0.6) is 5.88 Å². The molecule has 0 fully saturated rings. The fourth-order valence-electron chi connectivity index (χ4n) is 2.71. The number of aromatic nitrogens is 2. The molecule has 2 aromatic heterocycles. The van der Waals surface area contributed by atoms with E-state index in [0.717, 1.165) is 27.8 Å². The van der Waals surface area contributed by atoms with Crippen molar-refractivity contribution in [2.75, 3.05) is 14.2 Å². The van der Waals surface area contributed by atoms with Gasteiger partial charge >= 0.3 is 0 Å². The monoisotopic (exact) mass is 322 g/mol. The maximum atomic E-state index is 9.47. The zero-order valence-corrected chi connectivity index (χ0v) is 13.7. The highest BCUT2D eigenvalue weighted by Crippen LogP contribution is 2.33. The molecule has 0 bridgehead atoms. The standard InChI is InChI=1S/C18H18N4O2/c1-10-17(19)12(8-20-2)6-13(18(10)24-3)14-7-11-4-5-16(23)22-15(11)9-21-14/h4-9,19-20H,1-3H3,(H,22,23)/b12-8-,19-17?. The third-order valence-electron chi connectivity index (χ3n) is 3.89. The van der Waals surface area contributed by atoms with Crippen molar-refractivity contribution in [3.63, 3.8) is 0 Å². The number of pyridine rings is 2. The summed E-state index contributed by atoms with van der Waals surface area (Å²) in [6.45, 7) is 1.86. The number of aromatic hydroxyl groups is 1. The number of hydrogen-bond acceptors (Lipinski definition) is 6. The van der Waals surface area contributed by atoms with Gasteiger partial charge in [0.05, 0.1) is 30.2 Å². The quantitative estimate of drug-likeness (QED) is 0.808. The molecule has 6 nitrogen and oxygen atoms in total. The number of hydrogen-bond donors (Lipinski definition) is 3. The summed E-state index contributed by atoms with van der Waals surface area (Å²) in [4.78, 5) is 8.50. The van der Waals surface area contributed by atoms with Crippen LogP contribution in [0.2, 0.25) is 0 Å². The highest BCUT2D eigenvalue weighted by Gasteiger charge is 2.23. The van der Waals surface area contributed by atoms with E-state index in [2.05, 4.69) is 15.3 Å². The van der Waals surface area contributed by atoms with Crippen molar-refractivity contribution in [3.05, 3.63) is 59.3 Å². The number of fused-ring (bicyclic) bond motifs is 1. The van der Waals surface area contributed by atoms with Crippen molar-refractivity contribution < 1.29 is 9.84 Å². The van der Waals surface area contributed by atoms with Crippen LogP contribution < -0.4 is 5.32 Å². The largest absolute Gasteiger partial charge is 0.496 e. The zero-order valence-electron chi connectivity index (χ0n) is 13.7. The van der Waals surface area contributed by atoms with Crippen molar-refractivity contribution in [2.45, 2.75) is 6.92 Å². The molecular formula is C18H18N4O2. The second-order valence-corrected chi connectivity index (χ2v) is 5.41. The average molecular weight is 322 g/mol. The first kappa shape index (κ1) is 15.7. The Morgan fingerprint density at radius 2 is 2.12 bits per heavy atom. The molecule has 3 rings (SSSR count). The molecule has 1 aliphatic rings. The number of allylic oxidation sites excluding steroid dienone is 4. The van der Waals surface area contributed by atoms with Crippen LogP contribution in [0.25, 0.3) is 16.5 Å². The first-order valence-electron chi connectivity index (χ1n) is 7.45. The van der Waals surface area contributed by atoms with Gasteiger partial charge in [-0.25, -0.2) is 4.98 Å². The van der Waals surface area contributed by atoms with E-state index in [1.807, 2.05) is 19.1 Å². The highest BCUT2D eigenvalue weighted by atomic mass is 16.5. The lowest BCUT2D eigenvalue weighted by Crippen LogP contribution is -2.15. The van der Waals surface area contributed by atoms with Crippen molar-refractivity contribution in [1.29, 1.82) is 5.41 Å². The van der Waals surface area contributed by atoms with Gasteiger partial charge < -0.3 is 15.2 Å². The molecule has 0 saturated carbocycles. The van der Waals surface area contributed by atoms with Gasteiger partial charge in [0, 0.05) is 41.4 Å². The highest BCUT2D eigenvalue weighted by molar-refractivity contribution is 6.17. The molecule has 122 valence electrons. The number of methoxy groups -OCH3 is 1. The summed E-state index contributed by atoms with van der Waals surface area (Å²) in [5, 5.41) is 21.5. The first-order valence-corrected chi connectivity index (χ1v) is 7.45. The van der Waals surface area contributed by atoms with Gasteiger partial charge in [0.2, 0.25) is 5.88 Å². The van der Waals surface area contributed by atoms with Crippen molar-refractivity contribution in [2.24, 2.45) is 0 Å². The van der Waals surface area contributed by atoms with Gasteiger partial charge in [-0.05, 0) is 25.1 Å². The third-order valence-corrected chi connectivity index (χ3v) is 3.89. The van der Waals surface area contributed by atoms with E-state index in [9.17, 15) is 5.11 Å². The lowest BCUT2D eigenvalue weighted by molar-refractivity contribution is 0.308. The van der Waals surface area contributed by atoms with E-state index >= 15 is 0 Å². The molecule has 0 aliphatic heterocycles. The second kappa shape index (κ2) is 6.16. The van der Waals surface area contributed by atoms with Crippen LogP contribution in [-0.4, -0.2) is 34.9 Å². The molecule has 2 heterocycles. The lowest BCUT2D eigenvalue weighted by atomic mass is 9.90. The van der Waals surface area contributed by atoms with Gasteiger partial charge in [-0.2, -0.15) is 0 Å². The molecule has 3 N–H and O–H groups in total. The Balaban J connectivity index is 2.18. The summed E-state index contributed by atoms with van der Waals surface area (Å²) >= 11 is 0. The maximum absolute atomic E-state index is 9.47. The van der Waals surface area contributed by atoms with Crippen LogP contribution in [0.4, 0.5) is 0 Å². The SMILES string of the molecule is CN/C=C1/C=C(c2cc3ccc(O)nc3cn2)C(OC)=C(C)C1=N. The summed E-state index contributed by atoms with van der Waals surface area (Å²) in [6.07, 6.45) is 5.28. The fraction of sp³-hybridized carbons (Fsp3) is 0.167. The smallest absolute Gasteiger partial charge is 0.211 e. The Bertz CT molecular complexity index is 926. The van der Waals surface area contributed by atoms with E-state index < -0.39 is 0 Å². The topological polar surface area (TPSA) is 91.1 Å². The van der Waals surface area contributed by atoms with Crippen LogP contribution in [-0.2, 0) is 4.74 Å². The van der Waals surface area contributed by atoms with E-state index in [-0.39, 0.29) is 5.88 Å². The Morgan fingerprint density at radius 1 is 1.33 bits per heavy atom. The minimum atomic E-state index is -0.0325. The number of nitrogens with one attached hydrogen (secondary N) is 2. The first-order chi connectivity index (χ1) is 11.5. The van der Waals surface area contributed by atoms with Gasteiger partial charge in [0.25, 0.3) is 0 Å². The molecule has 1 aliphatic carbocycles. The van der Waals surface area contributed by atoms with Crippen molar-refractivity contribution in [1.82, 2.24) is 15.3 Å². The van der Waals surface area contributed by atoms with Gasteiger partial charge in [0.1, 0.15) is 5.76 Å². The molecule has 6 heteroatoms. The summed E-state index contributed by atoms with van der Waals surface area (Å²) in [6, 6.07) is 5.23. The molecule has 0 radical (unpaired) electrons.